The van der Waals surface area contributed by atoms with Crippen LogP contribution in [0.3, 0.4) is 0 Å². The molecule has 0 saturated heterocycles. The van der Waals surface area contributed by atoms with E-state index < -0.39 is 42.2 Å². The average Bonchev–Trinajstić information content (AvgIpc) is 2.74. The number of esters is 3. The van der Waals surface area contributed by atoms with Crippen molar-refractivity contribution in [1.29, 1.82) is 0 Å². The van der Waals surface area contributed by atoms with Gasteiger partial charge in [-0.1, -0.05) is 30.3 Å². The van der Waals surface area contributed by atoms with Gasteiger partial charge >= 0.3 is 17.9 Å². The first-order chi connectivity index (χ1) is 13.4. The molecule has 0 aromatic heterocycles. The molecule has 2 aromatic carbocycles. The van der Waals surface area contributed by atoms with Gasteiger partial charge in [-0.05, 0) is 22.9 Å². The van der Waals surface area contributed by atoms with Crippen molar-refractivity contribution >= 4 is 34.6 Å². The third-order valence-corrected chi connectivity index (χ3v) is 4.27. The van der Waals surface area contributed by atoms with Crippen molar-refractivity contribution in [3.63, 3.8) is 0 Å². The lowest BCUT2D eigenvalue weighted by molar-refractivity contribution is -0.158. The maximum Gasteiger partial charge on any atom is 0.329 e. The molecule has 0 aliphatic heterocycles. The molecule has 0 saturated carbocycles. The van der Waals surface area contributed by atoms with E-state index in [1.54, 1.807) is 18.2 Å². The van der Waals surface area contributed by atoms with Gasteiger partial charge in [0.15, 0.2) is 0 Å². The predicted molar refractivity (Wildman–Crippen MR) is 99.4 cm³/mol. The first kappa shape index (κ1) is 20.9. The summed E-state index contributed by atoms with van der Waals surface area (Å²) in [5.41, 5.74) is 0.286. The van der Waals surface area contributed by atoms with Gasteiger partial charge in [0.2, 0.25) is 0 Å². The quantitative estimate of drug-likeness (QED) is 0.566. The zero-order valence-electron chi connectivity index (χ0n) is 15.8. The Kier molecular flexibility index (Phi) is 7.08. The molecule has 0 unspecified atom stereocenters. The molecule has 1 N–H and O–H groups in total. The fourth-order valence-electron chi connectivity index (χ4n) is 2.76. The third kappa shape index (κ3) is 4.85. The molecule has 1 amide bonds. The highest BCUT2D eigenvalue weighted by atomic mass is 16.5. The lowest BCUT2D eigenvalue weighted by Crippen LogP contribution is -2.50. The minimum absolute atomic E-state index is 0.286. The van der Waals surface area contributed by atoms with Crippen LogP contribution in [0.2, 0.25) is 0 Å². The second-order valence-electron chi connectivity index (χ2n) is 5.95. The van der Waals surface area contributed by atoms with Gasteiger partial charge in [-0.3, -0.25) is 14.4 Å². The van der Waals surface area contributed by atoms with Crippen molar-refractivity contribution in [2.75, 3.05) is 21.3 Å². The van der Waals surface area contributed by atoms with Crippen LogP contribution in [0.4, 0.5) is 0 Å². The van der Waals surface area contributed by atoms with Gasteiger partial charge in [-0.25, -0.2) is 4.79 Å². The van der Waals surface area contributed by atoms with Crippen molar-refractivity contribution in [3.05, 3.63) is 48.0 Å². The van der Waals surface area contributed by atoms with Crippen molar-refractivity contribution < 1.29 is 33.4 Å². The van der Waals surface area contributed by atoms with Crippen LogP contribution in [0.15, 0.2) is 42.5 Å². The Balaban J connectivity index is 2.32. The molecule has 28 heavy (non-hydrogen) atoms. The lowest BCUT2D eigenvalue weighted by Gasteiger charge is -2.23. The highest BCUT2D eigenvalue weighted by Gasteiger charge is 2.38. The SMILES string of the molecule is COC(=O)C[C@@H](C(=O)OC)[C@H](NC(=O)c1ccc2ccccc2c1)C(=O)OC. The van der Waals surface area contributed by atoms with Gasteiger partial charge in [0, 0.05) is 5.56 Å². The van der Waals surface area contributed by atoms with E-state index in [0.29, 0.717) is 0 Å². The number of ether oxygens (including phenoxy) is 3. The Bertz CT molecular complexity index is 893. The fourth-order valence-corrected chi connectivity index (χ4v) is 2.76. The summed E-state index contributed by atoms with van der Waals surface area (Å²) in [4.78, 5) is 48.7. The second kappa shape index (κ2) is 9.50. The molecule has 8 heteroatoms. The Morgan fingerprint density at radius 2 is 1.50 bits per heavy atom. The molecule has 8 nitrogen and oxygen atoms in total. The molecule has 0 aliphatic carbocycles. The van der Waals surface area contributed by atoms with Gasteiger partial charge < -0.3 is 19.5 Å². The van der Waals surface area contributed by atoms with E-state index in [1.807, 2.05) is 24.3 Å². The molecule has 2 rings (SSSR count). The zero-order valence-corrected chi connectivity index (χ0v) is 15.8. The van der Waals surface area contributed by atoms with E-state index in [1.165, 1.54) is 0 Å². The topological polar surface area (TPSA) is 108 Å². The first-order valence-corrected chi connectivity index (χ1v) is 8.43. The minimum atomic E-state index is -1.42. The van der Waals surface area contributed by atoms with Crippen molar-refractivity contribution in [2.24, 2.45) is 5.92 Å². The summed E-state index contributed by atoms with van der Waals surface area (Å²) in [5.74, 6) is -4.36. The van der Waals surface area contributed by atoms with Crippen LogP contribution in [-0.2, 0) is 28.6 Å². The van der Waals surface area contributed by atoms with Crippen LogP contribution in [0.1, 0.15) is 16.8 Å². The second-order valence-corrected chi connectivity index (χ2v) is 5.95. The number of rotatable bonds is 7. The highest BCUT2D eigenvalue weighted by Crippen LogP contribution is 2.18. The lowest BCUT2D eigenvalue weighted by atomic mass is 9.95. The van der Waals surface area contributed by atoms with Crippen molar-refractivity contribution in [3.8, 4) is 0 Å². The number of carbonyl (C=O) groups excluding carboxylic acids is 4. The molecule has 148 valence electrons. The molecular weight excluding hydrogens is 366 g/mol. The average molecular weight is 387 g/mol. The van der Waals surface area contributed by atoms with E-state index in [2.05, 4.69) is 14.8 Å². The maximum absolute atomic E-state index is 12.7. The smallest absolute Gasteiger partial charge is 0.329 e. The minimum Gasteiger partial charge on any atom is -0.469 e. The standard InChI is InChI=1S/C20H21NO7/c1-26-16(22)11-15(19(24)27-2)17(20(25)28-3)21-18(23)14-9-8-12-6-4-5-7-13(12)10-14/h4-10,15,17H,11H2,1-3H3,(H,21,23)/t15-,17+/m1/s1. The Labute approximate surface area is 161 Å². The summed E-state index contributed by atoms with van der Waals surface area (Å²) in [6.45, 7) is 0. The Morgan fingerprint density at radius 3 is 2.11 bits per heavy atom. The van der Waals surface area contributed by atoms with Gasteiger partial charge in [0.25, 0.3) is 5.91 Å². The van der Waals surface area contributed by atoms with Crippen LogP contribution in [-0.4, -0.2) is 51.2 Å². The van der Waals surface area contributed by atoms with E-state index in [9.17, 15) is 19.2 Å². The fraction of sp³-hybridized carbons (Fsp3) is 0.300. The van der Waals surface area contributed by atoms with E-state index in [4.69, 9.17) is 4.74 Å². The van der Waals surface area contributed by atoms with E-state index in [-0.39, 0.29) is 5.56 Å². The number of hydrogen-bond donors (Lipinski definition) is 1. The number of methoxy groups -OCH3 is 3. The monoisotopic (exact) mass is 387 g/mol. The summed E-state index contributed by atoms with van der Waals surface area (Å²) < 4.78 is 13.9. The summed E-state index contributed by atoms with van der Waals surface area (Å²) >= 11 is 0. The molecule has 2 atom stereocenters. The van der Waals surface area contributed by atoms with Crippen molar-refractivity contribution in [1.82, 2.24) is 5.32 Å². The van der Waals surface area contributed by atoms with Crippen molar-refractivity contribution in [2.45, 2.75) is 12.5 Å². The molecular formula is C20H21NO7. The molecule has 0 heterocycles. The summed E-state index contributed by atoms with van der Waals surface area (Å²) in [6, 6.07) is 11.1. The van der Waals surface area contributed by atoms with E-state index in [0.717, 1.165) is 32.1 Å². The highest BCUT2D eigenvalue weighted by molar-refractivity contribution is 6.01. The van der Waals surface area contributed by atoms with Crippen LogP contribution < -0.4 is 5.32 Å². The van der Waals surface area contributed by atoms with Gasteiger partial charge in [-0.15, -0.1) is 0 Å². The molecule has 0 bridgehead atoms. The van der Waals surface area contributed by atoms with Crippen LogP contribution in [0, 0.1) is 5.92 Å². The molecule has 2 aromatic rings. The number of nitrogens with one attached hydrogen (secondary N) is 1. The third-order valence-electron chi connectivity index (χ3n) is 4.27. The van der Waals surface area contributed by atoms with Crippen LogP contribution >= 0.6 is 0 Å². The van der Waals surface area contributed by atoms with Crippen LogP contribution in [0.5, 0.6) is 0 Å². The van der Waals surface area contributed by atoms with Gasteiger partial charge in [0.05, 0.1) is 33.7 Å². The number of fused-ring (bicyclic) bond motifs is 1. The zero-order chi connectivity index (χ0) is 20.7. The number of hydrogen-bond acceptors (Lipinski definition) is 7. The number of amides is 1. The largest absolute Gasteiger partial charge is 0.469 e. The molecule has 0 aliphatic rings. The molecule has 0 radical (unpaired) electrons. The summed E-state index contributed by atoms with van der Waals surface area (Å²) in [5, 5.41) is 4.25. The maximum atomic E-state index is 12.7. The Hall–Kier alpha value is -3.42. The van der Waals surface area contributed by atoms with E-state index >= 15 is 0 Å². The van der Waals surface area contributed by atoms with Crippen LogP contribution in [0.25, 0.3) is 10.8 Å². The molecule has 0 fully saturated rings. The number of carbonyl (C=O) groups is 4. The van der Waals surface area contributed by atoms with Gasteiger partial charge in [-0.2, -0.15) is 0 Å². The first-order valence-electron chi connectivity index (χ1n) is 8.43. The summed E-state index contributed by atoms with van der Waals surface area (Å²) in [6.07, 6.45) is -0.457. The normalized spacial score (nSPS) is 12.5. The number of benzene rings is 2. The predicted octanol–water partition coefficient (Wildman–Crippen LogP) is 1.46. The molecule has 0 spiro atoms. The summed E-state index contributed by atoms with van der Waals surface area (Å²) in [7, 11) is 3.38. The Morgan fingerprint density at radius 1 is 0.857 bits per heavy atom. The van der Waals surface area contributed by atoms with Gasteiger partial charge in [0.1, 0.15) is 6.04 Å².